The number of hydrogen-bond acceptors (Lipinski definition) is 4. The smallest absolute Gasteiger partial charge is 0.264 e. The van der Waals surface area contributed by atoms with E-state index < -0.39 is 0 Å². The lowest BCUT2D eigenvalue weighted by atomic mass is 10.2. The molecular formula is C17H12Cl2N2O2S. The molecule has 0 saturated carbocycles. The quantitative estimate of drug-likeness (QED) is 0.757. The van der Waals surface area contributed by atoms with Crippen molar-refractivity contribution in [3.63, 3.8) is 0 Å². The molecule has 1 saturated heterocycles. The summed E-state index contributed by atoms with van der Waals surface area (Å²) in [4.78, 5) is 12.1. The first-order chi connectivity index (χ1) is 11.5. The zero-order valence-electron chi connectivity index (χ0n) is 12.3. The van der Waals surface area contributed by atoms with Crippen LogP contribution in [0.4, 0.5) is 0 Å². The third-order valence-electron chi connectivity index (χ3n) is 3.23. The van der Waals surface area contributed by atoms with Gasteiger partial charge in [-0.05, 0) is 53.2 Å². The normalized spacial score (nSPS) is 15.7. The third-order valence-corrected chi connectivity index (χ3v) is 4.80. The van der Waals surface area contributed by atoms with Crippen LogP contribution in [0.2, 0.25) is 10.0 Å². The number of nitrogens with one attached hydrogen (secondary N) is 2. The fraction of sp³-hybridized carbons (Fsp3) is 0.0588. The molecule has 24 heavy (non-hydrogen) atoms. The first-order valence-corrected chi connectivity index (χ1v) is 8.55. The monoisotopic (exact) mass is 378 g/mol. The summed E-state index contributed by atoms with van der Waals surface area (Å²) in [5.74, 6) is 0.462. The van der Waals surface area contributed by atoms with Crippen molar-refractivity contribution in [2.24, 2.45) is 0 Å². The molecular weight excluding hydrogens is 367 g/mol. The van der Waals surface area contributed by atoms with Gasteiger partial charge in [0, 0.05) is 0 Å². The van der Waals surface area contributed by atoms with Crippen LogP contribution in [0, 0.1) is 5.41 Å². The Morgan fingerprint density at radius 2 is 1.88 bits per heavy atom. The van der Waals surface area contributed by atoms with E-state index >= 15 is 0 Å². The van der Waals surface area contributed by atoms with Gasteiger partial charge >= 0.3 is 0 Å². The molecule has 1 aliphatic rings. The molecule has 122 valence electrons. The maximum Gasteiger partial charge on any atom is 0.264 e. The van der Waals surface area contributed by atoms with E-state index in [0.29, 0.717) is 27.3 Å². The van der Waals surface area contributed by atoms with Gasteiger partial charge in [-0.25, -0.2) is 0 Å². The Morgan fingerprint density at radius 3 is 2.50 bits per heavy atom. The number of carbonyl (C=O) groups excluding carboxylic acids is 1. The molecule has 7 heteroatoms. The third kappa shape index (κ3) is 4.12. The predicted molar refractivity (Wildman–Crippen MR) is 98.7 cm³/mol. The van der Waals surface area contributed by atoms with Gasteiger partial charge in [0.15, 0.2) is 5.17 Å². The molecule has 0 aromatic heterocycles. The highest BCUT2D eigenvalue weighted by Crippen LogP contribution is 2.26. The van der Waals surface area contributed by atoms with E-state index in [1.807, 2.05) is 30.3 Å². The minimum absolute atomic E-state index is 0.146. The number of carbonyl (C=O) groups is 1. The largest absolute Gasteiger partial charge is 0.489 e. The van der Waals surface area contributed by atoms with Crippen molar-refractivity contribution < 1.29 is 9.53 Å². The summed E-state index contributed by atoms with van der Waals surface area (Å²) in [5, 5.41) is 11.0. The second-order valence-corrected chi connectivity index (χ2v) is 6.87. The molecule has 0 unspecified atom stereocenters. The zero-order valence-corrected chi connectivity index (χ0v) is 14.6. The molecule has 2 aromatic rings. The summed E-state index contributed by atoms with van der Waals surface area (Å²) < 4.78 is 5.71. The second kappa shape index (κ2) is 7.30. The Labute approximate surface area is 153 Å². The summed E-state index contributed by atoms with van der Waals surface area (Å²) >= 11 is 13.0. The number of rotatable bonds is 4. The highest BCUT2D eigenvalue weighted by molar-refractivity contribution is 8.18. The van der Waals surface area contributed by atoms with Crippen LogP contribution in [0.1, 0.15) is 11.1 Å². The van der Waals surface area contributed by atoms with Gasteiger partial charge in [0.1, 0.15) is 12.4 Å². The van der Waals surface area contributed by atoms with Gasteiger partial charge in [-0.15, -0.1) is 0 Å². The van der Waals surface area contributed by atoms with Gasteiger partial charge in [-0.2, -0.15) is 0 Å². The minimum Gasteiger partial charge on any atom is -0.489 e. The van der Waals surface area contributed by atoms with Gasteiger partial charge in [0.05, 0.1) is 15.0 Å². The summed E-state index contributed by atoms with van der Waals surface area (Å²) in [6, 6.07) is 12.7. The van der Waals surface area contributed by atoms with Gasteiger partial charge in [-0.1, -0.05) is 41.4 Å². The van der Waals surface area contributed by atoms with Crippen molar-refractivity contribution in [2.75, 3.05) is 0 Å². The van der Waals surface area contributed by atoms with Crippen molar-refractivity contribution in [3.8, 4) is 5.75 Å². The van der Waals surface area contributed by atoms with Crippen LogP contribution in [0.5, 0.6) is 5.75 Å². The molecule has 0 bridgehead atoms. The van der Waals surface area contributed by atoms with E-state index in [4.69, 9.17) is 33.3 Å². The lowest BCUT2D eigenvalue weighted by Crippen LogP contribution is -2.18. The number of amides is 1. The number of thioether (sulfide) groups is 1. The Bertz CT molecular complexity index is 835. The van der Waals surface area contributed by atoms with Gasteiger partial charge in [-0.3, -0.25) is 10.2 Å². The van der Waals surface area contributed by atoms with E-state index in [0.717, 1.165) is 22.9 Å². The molecule has 1 fully saturated rings. The van der Waals surface area contributed by atoms with Crippen LogP contribution < -0.4 is 10.1 Å². The molecule has 1 heterocycles. The molecule has 4 nitrogen and oxygen atoms in total. The SMILES string of the molecule is N=C1NC(=O)C(=Cc2ccc(OCc3ccc(Cl)c(Cl)c3)cc2)S1. The van der Waals surface area contributed by atoms with Crippen LogP contribution in [0.25, 0.3) is 6.08 Å². The standard InChI is InChI=1S/C17H12Cl2N2O2S/c18-13-6-3-11(7-14(13)19)9-23-12-4-1-10(2-5-12)8-15-16(22)21-17(20)24-15/h1-8H,9H2,(H2,20,21,22). The highest BCUT2D eigenvalue weighted by atomic mass is 35.5. The van der Waals surface area contributed by atoms with Gasteiger partial charge in [0.25, 0.3) is 5.91 Å². The van der Waals surface area contributed by atoms with E-state index in [1.165, 1.54) is 0 Å². The van der Waals surface area contributed by atoms with Crippen molar-refractivity contribution >= 4 is 52.1 Å². The summed E-state index contributed by atoms with van der Waals surface area (Å²) in [6.07, 6.45) is 1.74. The van der Waals surface area contributed by atoms with Crippen LogP contribution in [0.15, 0.2) is 47.4 Å². The van der Waals surface area contributed by atoms with Crippen LogP contribution >= 0.6 is 35.0 Å². The van der Waals surface area contributed by atoms with Crippen molar-refractivity contribution in [1.29, 1.82) is 5.41 Å². The molecule has 1 aliphatic heterocycles. The maximum absolute atomic E-state index is 11.6. The van der Waals surface area contributed by atoms with E-state index in [9.17, 15) is 4.79 Å². The number of hydrogen-bond donors (Lipinski definition) is 2. The Balaban J connectivity index is 1.64. The first-order valence-electron chi connectivity index (χ1n) is 6.97. The van der Waals surface area contributed by atoms with Crippen molar-refractivity contribution in [1.82, 2.24) is 5.32 Å². The van der Waals surface area contributed by atoms with Crippen molar-refractivity contribution in [3.05, 3.63) is 68.5 Å². The summed E-state index contributed by atoms with van der Waals surface area (Å²) in [5.41, 5.74) is 1.79. The molecule has 0 radical (unpaired) electrons. The summed E-state index contributed by atoms with van der Waals surface area (Å²) in [6.45, 7) is 0.382. The minimum atomic E-state index is -0.245. The van der Waals surface area contributed by atoms with Crippen LogP contribution in [0.3, 0.4) is 0 Å². The maximum atomic E-state index is 11.6. The van der Waals surface area contributed by atoms with Crippen LogP contribution in [-0.4, -0.2) is 11.1 Å². The molecule has 0 atom stereocenters. The van der Waals surface area contributed by atoms with E-state index in [1.54, 1.807) is 18.2 Å². The van der Waals surface area contributed by atoms with Gasteiger partial charge in [0.2, 0.25) is 0 Å². The van der Waals surface area contributed by atoms with Crippen molar-refractivity contribution in [2.45, 2.75) is 6.61 Å². The number of halogens is 2. The van der Waals surface area contributed by atoms with Crippen LogP contribution in [-0.2, 0) is 11.4 Å². The summed E-state index contributed by atoms with van der Waals surface area (Å²) in [7, 11) is 0. The fourth-order valence-electron chi connectivity index (χ4n) is 2.05. The van der Waals surface area contributed by atoms with E-state index in [2.05, 4.69) is 5.32 Å². The second-order valence-electron chi connectivity index (χ2n) is 5.00. The Kier molecular flexibility index (Phi) is 5.14. The van der Waals surface area contributed by atoms with Gasteiger partial charge < -0.3 is 10.1 Å². The average molecular weight is 379 g/mol. The molecule has 0 aliphatic carbocycles. The number of ether oxygens (including phenoxy) is 1. The fourth-order valence-corrected chi connectivity index (χ4v) is 3.07. The number of benzene rings is 2. The lowest BCUT2D eigenvalue weighted by molar-refractivity contribution is -0.115. The van der Waals surface area contributed by atoms with E-state index in [-0.39, 0.29) is 11.1 Å². The predicted octanol–water partition coefficient (Wildman–Crippen LogP) is 4.71. The number of amidine groups is 1. The first kappa shape index (κ1) is 16.9. The Hall–Kier alpha value is -1.95. The molecule has 2 N–H and O–H groups in total. The molecule has 2 aromatic carbocycles. The average Bonchev–Trinajstić information content (AvgIpc) is 2.87. The zero-order chi connectivity index (χ0) is 17.1. The molecule has 3 rings (SSSR count). The molecule has 1 amide bonds. The Morgan fingerprint density at radius 1 is 1.12 bits per heavy atom. The molecule has 0 spiro atoms. The topological polar surface area (TPSA) is 62.2 Å². The highest BCUT2D eigenvalue weighted by Gasteiger charge is 2.21. The lowest BCUT2D eigenvalue weighted by Gasteiger charge is -2.07.